The van der Waals surface area contributed by atoms with Gasteiger partial charge in [-0.15, -0.1) is 0 Å². The van der Waals surface area contributed by atoms with Crippen molar-refractivity contribution < 1.29 is 47.3 Å². The van der Waals surface area contributed by atoms with Crippen LogP contribution in [-0.2, 0) is 28.2 Å². The van der Waals surface area contributed by atoms with Gasteiger partial charge in [0.15, 0.2) is 6.23 Å². The Bertz CT molecular complexity index is 1180. The lowest BCUT2D eigenvalue weighted by molar-refractivity contribution is -0.206. The summed E-state index contributed by atoms with van der Waals surface area (Å²) in [5, 5.41) is 26.6. The van der Waals surface area contributed by atoms with Crippen LogP contribution in [0, 0.1) is 0 Å². The molecule has 220 valence electrons. The van der Waals surface area contributed by atoms with Crippen LogP contribution in [0.2, 0.25) is 0 Å². The van der Waals surface area contributed by atoms with Crippen LogP contribution in [0.3, 0.4) is 0 Å². The minimum absolute atomic E-state index is 0.0276. The van der Waals surface area contributed by atoms with E-state index >= 15 is 4.39 Å². The largest absolute Gasteiger partial charge is 0.461 e. The Morgan fingerprint density at radius 2 is 2.00 bits per heavy atom. The first-order valence-corrected chi connectivity index (χ1v) is 14.6. The van der Waals surface area contributed by atoms with Crippen LogP contribution in [-0.4, -0.2) is 69.5 Å². The number of ether oxygens (including phenoxy) is 2. The molecule has 14 heteroatoms. The van der Waals surface area contributed by atoms with Crippen LogP contribution in [0.25, 0.3) is 0 Å². The normalized spacial score (nSPS) is 31.4. The van der Waals surface area contributed by atoms with E-state index in [1.807, 2.05) is 0 Å². The van der Waals surface area contributed by atoms with E-state index < -0.39 is 56.1 Å². The topological polar surface area (TPSA) is 156 Å². The number of halogens is 1. The summed E-state index contributed by atoms with van der Waals surface area (Å²) in [6.45, 7) is 5.02. The van der Waals surface area contributed by atoms with Gasteiger partial charge in [-0.3, -0.25) is 14.1 Å². The second-order valence-corrected chi connectivity index (χ2v) is 12.0. The Balaban J connectivity index is 1.50. The summed E-state index contributed by atoms with van der Waals surface area (Å²) < 4.78 is 51.7. The van der Waals surface area contributed by atoms with Gasteiger partial charge in [-0.2, -0.15) is 5.09 Å². The molecule has 2 aliphatic heterocycles. The fourth-order valence-corrected chi connectivity index (χ4v) is 6.23. The number of aliphatic hydroxyl groups excluding tert-OH is 1. The number of alkyl halides is 1. The number of benzene rings is 1. The minimum atomic E-state index is -4.51. The van der Waals surface area contributed by atoms with Gasteiger partial charge in [0.1, 0.15) is 42.0 Å². The molecule has 2 unspecified atom stereocenters. The molecule has 2 heterocycles. The first-order valence-electron chi connectivity index (χ1n) is 13.0. The zero-order valence-corrected chi connectivity index (χ0v) is 23.2. The molecule has 0 radical (unpaired) electrons. The van der Waals surface area contributed by atoms with Gasteiger partial charge in [0, 0.05) is 12.3 Å². The first-order chi connectivity index (χ1) is 18.8. The van der Waals surface area contributed by atoms with Crippen molar-refractivity contribution in [2.75, 3.05) is 6.61 Å². The highest BCUT2D eigenvalue weighted by Gasteiger charge is 2.64. The molecule has 1 saturated carbocycles. The van der Waals surface area contributed by atoms with Crippen LogP contribution in [0.15, 0.2) is 55.0 Å². The van der Waals surface area contributed by atoms with Gasteiger partial charge in [-0.25, -0.2) is 8.96 Å². The van der Waals surface area contributed by atoms with Crippen LogP contribution in [0.1, 0.15) is 46.0 Å². The molecule has 1 amide bonds. The smallest absolute Gasteiger partial charge is 0.459 e. The van der Waals surface area contributed by atoms with E-state index in [9.17, 15) is 24.4 Å². The van der Waals surface area contributed by atoms with Crippen molar-refractivity contribution in [3.63, 3.8) is 0 Å². The molecule has 1 aromatic rings. The number of carbonyl (C=O) groups is 2. The average Bonchev–Trinajstić information content (AvgIpc) is 3.09. The number of hydrogen-bond acceptors (Lipinski definition) is 10. The molecule has 4 N–H and O–H groups in total. The number of esters is 1. The second-order valence-electron chi connectivity index (χ2n) is 10.3. The van der Waals surface area contributed by atoms with Gasteiger partial charge in [0.2, 0.25) is 0 Å². The van der Waals surface area contributed by atoms with E-state index in [1.165, 1.54) is 25.3 Å². The zero-order valence-electron chi connectivity index (χ0n) is 22.3. The Morgan fingerprint density at radius 1 is 1.32 bits per heavy atom. The maximum absolute atomic E-state index is 16.1. The molecule has 4 rings (SSSR count). The molecule has 0 aromatic heterocycles. The highest BCUT2D eigenvalue weighted by molar-refractivity contribution is 7.52. The Morgan fingerprint density at radius 3 is 2.65 bits per heavy atom. The van der Waals surface area contributed by atoms with Crippen LogP contribution in [0.5, 0.6) is 5.75 Å². The maximum Gasteiger partial charge on any atom is 0.459 e. The molecule has 12 nitrogen and oxygen atoms in total. The number of para-hydroxylation sites is 1. The standard InChI is InChI=1S/C26H35FN3O9P/c1-17(22(32)37-19-10-6-4-7-11-19)29-40(35,39-20-12-8-5-9-13-20)36-16-26(27)23(33)25(3,34)24(38-26)30-15-14-21(31)28-18(30)2/h5,8-9,12-15,17,19,23-24,33-34H,2,4,6-7,10-11,16H2,1,3H3,(H,28,31)(H,29,35)/t17?,23-,24+,25+,26+,40?/m0/s1. The summed E-state index contributed by atoms with van der Waals surface area (Å²) in [6, 6.07) is 6.73. The van der Waals surface area contributed by atoms with E-state index in [4.69, 9.17) is 18.5 Å². The molecule has 40 heavy (non-hydrogen) atoms. The summed E-state index contributed by atoms with van der Waals surface area (Å²) >= 11 is 0. The van der Waals surface area contributed by atoms with E-state index in [2.05, 4.69) is 17.0 Å². The highest BCUT2D eigenvalue weighted by atomic mass is 31.2. The van der Waals surface area contributed by atoms with Gasteiger partial charge in [-0.05, 0) is 51.7 Å². The third kappa shape index (κ3) is 6.73. The van der Waals surface area contributed by atoms with Crippen molar-refractivity contribution in [1.82, 2.24) is 15.3 Å². The monoisotopic (exact) mass is 583 g/mol. The quantitative estimate of drug-likeness (QED) is 0.237. The molecule has 2 fully saturated rings. The summed E-state index contributed by atoms with van der Waals surface area (Å²) in [4.78, 5) is 25.4. The third-order valence-electron chi connectivity index (χ3n) is 6.93. The fourth-order valence-electron chi connectivity index (χ4n) is 4.72. The summed E-state index contributed by atoms with van der Waals surface area (Å²) in [5.41, 5.74) is -2.23. The predicted octanol–water partition coefficient (Wildman–Crippen LogP) is 2.59. The summed E-state index contributed by atoms with van der Waals surface area (Å²) in [7, 11) is -4.51. The van der Waals surface area contributed by atoms with Crippen molar-refractivity contribution >= 4 is 19.6 Å². The van der Waals surface area contributed by atoms with E-state index in [0.717, 1.165) is 50.0 Å². The molecular weight excluding hydrogens is 548 g/mol. The van der Waals surface area contributed by atoms with Gasteiger partial charge in [0.05, 0.1) is 0 Å². The molecule has 1 saturated heterocycles. The molecule has 0 spiro atoms. The van der Waals surface area contributed by atoms with Crippen LogP contribution >= 0.6 is 7.75 Å². The van der Waals surface area contributed by atoms with Gasteiger partial charge in [0.25, 0.3) is 11.8 Å². The zero-order chi connectivity index (χ0) is 29.1. The average molecular weight is 584 g/mol. The van der Waals surface area contributed by atoms with Crippen molar-refractivity contribution in [2.45, 2.75) is 81.9 Å². The lowest BCUT2D eigenvalue weighted by Crippen LogP contribution is -2.54. The maximum atomic E-state index is 16.1. The Kier molecular flexibility index (Phi) is 9.03. The number of nitrogens with zero attached hydrogens (tertiary/aromatic N) is 1. The van der Waals surface area contributed by atoms with Gasteiger partial charge >= 0.3 is 13.7 Å². The predicted molar refractivity (Wildman–Crippen MR) is 140 cm³/mol. The Hall–Kier alpha value is -2.80. The lowest BCUT2D eigenvalue weighted by atomic mass is 9.95. The van der Waals surface area contributed by atoms with Gasteiger partial charge in [-0.1, -0.05) is 31.2 Å². The van der Waals surface area contributed by atoms with Crippen molar-refractivity contribution in [2.24, 2.45) is 0 Å². The van der Waals surface area contributed by atoms with Crippen molar-refractivity contribution in [3.8, 4) is 5.75 Å². The third-order valence-corrected chi connectivity index (χ3v) is 8.55. The first kappa shape index (κ1) is 30.2. The Labute approximate surface area is 231 Å². The number of nitrogens with one attached hydrogen (secondary N) is 2. The number of aliphatic hydroxyl groups is 2. The number of rotatable bonds is 10. The van der Waals surface area contributed by atoms with E-state index in [1.54, 1.807) is 18.2 Å². The van der Waals surface area contributed by atoms with Crippen molar-refractivity contribution in [1.29, 1.82) is 0 Å². The number of carbonyl (C=O) groups excluding carboxylic acids is 2. The van der Waals surface area contributed by atoms with Gasteiger partial charge < -0.3 is 34.4 Å². The SMILES string of the molecule is C=C1NC(=O)C=CN1[C@@H]1O[C@](F)(COP(=O)(NC(C)C(=O)OC2CCCCC2)Oc2ccccc2)[C@@H](O)[C@@]1(C)O. The number of hydrogen-bond donors (Lipinski definition) is 4. The van der Waals surface area contributed by atoms with Crippen LogP contribution < -0.4 is 14.9 Å². The van der Waals surface area contributed by atoms with E-state index in [-0.39, 0.29) is 17.7 Å². The molecule has 6 atom stereocenters. The second kappa shape index (κ2) is 12.0. The van der Waals surface area contributed by atoms with Crippen LogP contribution in [0.4, 0.5) is 4.39 Å². The highest BCUT2D eigenvalue weighted by Crippen LogP contribution is 2.49. The fraction of sp³-hybridized carbons (Fsp3) is 0.538. The molecule has 3 aliphatic rings. The molecule has 1 aromatic carbocycles. The summed E-state index contributed by atoms with van der Waals surface area (Å²) in [5.74, 6) is -4.19. The molecule has 1 aliphatic carbocycles. The van der Waals surface area contributed by atoms with Crippen molar-refractivity contribution in [3.05, 3.63) is 55.0 Å². The number of amides is 1. The molecular formula is C26H35FN3O9P. The lowest BCUT2D eigenvalue weighted by Gasteiger charge is -2.36. The minimum Gasteiger partial charge on any atom is -0.461 e. The molecule has 0 bridgehead atoms. The van der Waals surface area contributed by atoms with E-state index in [0.29, 0.717) is 0 Å². The summed E-state index contributed by atoms with van der Waals surface area (Å²) in [6.07, 6.45) is 2.74.